The van der Waals surface area contributed by atoms with Crippen molar-refractivity contribution < 1.29 is 17.9 Å². The van der Waals surface area contributed by atoms with Crippen molar-refractivity contribution in [3.8, 4) is 0 Å². The van der Waals surface area contributed by atoms with E-state index in [-0.39, 0.29) is 10.8 Å². The molecule has 1 heterocycles. The molecule has 0 bridgehead atoms. The van der Waals surface area contributed by atoms with E-state index in [0.29, 0.717) is 43.6 Å². The lowest BCUT2D eigenvalue weighted by atomic mass is 10.2. The number of sulfonamides is 1. The van der Waals surface area contributed by atoms with E-state index >= 15 is 0 Å². The lowest BCUT2D eigenvalue weighted by Gasteiger charge is -2.26. The van der Waals surface area contributed by atoms with Crippen LogP contribution in [-0.2, 0) is 26.1 Å². The predicted octanol–water partition coefficient (Wildman–Crippen LogP) is 2.82. The number of carbonyl (C=O) groups excluding carboxylic acids is 1. The van der Waals surface area contributed by atoms with E-state index in [4.69, 9.17) is 16.3 Å². The van der Waals surface area contributed by atoms with Crippen LogP contribution in [-0.4, -0.2) is 62.9 Å². The summed E-state index contributed by atoms with van der Waals surface area (Å²) in [5.41, 5.74) is 1.44. The van der Waals surface area contributed by atoms with Crippen molar-refractivity contribution in [2.75, 3.05) is 38.7 Å². The maximum Gasteiger partial charge on any atom is 0.243 e. The number of nitrogens with one attached hydrogen (secondary N) is 1. The van der Waals surface area contributed by atoms with E-state index in [1.165, 1.54) is 16.4 Å². The van der Waals surface area contributed by atoms with Crippen molar-refractivity contribution in [3.05, 3.63) is 59.1 Å². The largest absolute Gasteiger partial charge is 0.379 e. The Hall–Kier alpha value is -1.97. The van der Waals surface area contributed by atoms with E-state index in [2.05, 4.69) is 5.32 Å². The fraction of sp³-hybridized carbons (Fsp3) is 0.381. The molecular formula is C21H26ClN3O4S. The molecule has 1 N–H and O–H groups in total. The highest BCUT2D eigenvalue weighted by Crippen LogP contribution is 2.21. The summed E-state index contributed by atoms with van der Waals surface area (Å²) in [5.74, 6) is -0.222. The van der Waals surface area contributed by atoms with Crippen LogP contribution in [0.4, 0.5) is 5.69 Å². The van der Waals surface area contributed by atoms with E-state index in [1.54, 1.807) is 25.1 Å². The summed E-state index contributed by atoms with van der Waals surface area (Å²) in [6, 6.07) is 13.4. The molecule has 0 radical (unpaired) electrons. The second kappa shape index (κ2) is 9.89. The van der Waals surface area contributed by atoms with Gasteiger partial charge >= 0.3 is 0 Å². The summed E-state index contributed by atoms with van der Waals surface area (Å²) in [5, 5.41) is 3.47. The van der Waals surface area contributed by atoms with Gasteiger partial charge in [-0.3, -0.25) is 9.69 Å². The van der Waals surface area contributed by atoms with Gasteiger partial charge in [0.1, 0.15) is 0 Å². The lowest BCUT2D eigenvalue weighted by Crippen LogP contribution is -2.40. The van der Waals surface area contributed by atoms with Crippen molar-refractivity contribution in [2.45, 2.75) is 24.4 Å². The SMILES string of the molecule is C[C@H](C(=O)Nc1cccc(S(=O)(=O)N2CCOCC2)c1)N(C)Cc1cccc(Cl)c1. The minimum atomic E-state index is -3.62. The lowest BCUT2D eigenvalue weighted by molar-refractivity contribution is -0.120. The first-order valence-corrected chi connectivity index (χ1v) is 11.5. The molecule has 1 amide bonds. The van der Waals surface area contributed by atoms with Gasteiger partial charge in [-0.05, 0) is 49.9 Å². The number of morpholine rings is 1. The van der Waals surface area contributed by atoms with Gasteiger partial charge in [0.25, 0.3) is 0 Å². The molecule has 30 heavy (non-hydrogen) atoms. The normalized spacial score (nSPS) is 16.4. The number of hydrogen-bond donors (Lipinski definition) is 1. The van der Waals surface area contributed by atoms with E-state index in [0.717, 1.165) is 5.56 Å². The number of likely N-dealkylation sites (N-methyl/N-ethyl adjacent to an activating group) is 1. The van der Waals surface area contributed by atoms with Crippen LogP contribution in [0.15, 0.2) is 53.4 Å². The van der Waals surface area contributed by atoms with Crippen molar-refractivity contribution in [3.63, 3.8) is 0 Å². The molecule has 0 unspecified atom stereocenters. The van der Waals surface area contributed by atoms with Crippen LogP contribution < -0.4 is 5.32 Å². The number of benzene rings is 2. The van der Waals surface area contributed by atoms with Gasteiger partial charge in [0.15, 0.2) is 0 Å². The van der Waals surface area contributed by atoms with Gasteiger partial charge in [0, 0.05) is 30.3 Å². The maximum absolute atomic E-state index is 12.8. The third-order valence-corrected chi connectivity index (χ3v) is 7.20. The van der Waals surface area contributed by atoms with E-state index in [9.17, 15) is 13.2 Å². The number of nitrogens with zero attached hydrogens (tertiary/aromatic N) is 2. The van der Waals surface area contributed by atoms with E-state index < -0.39 is 16.1 Å². The van der Waals surface area contributed by atoms with Crippen molar-refractivity contribution in [2.24, 2.45) is 0 Å². The van der Waals surface area contributed by atoms with Crippen molar-refractivity contribution in [1.29, 1.82) is 0 Å². The van der Waals surface area contributed by atoms with Crippen LogP contribution in [0.1, 0.15) is 12.5 Å². The Labute approximate surface area is 182 Å². The first-order valence-electron chi connectivity index (χ1n) is 9.71. The quantitative estimate of drug-likeness (QED) is 0.700. The molecule has 1 saturated heterocycles. The Bertz CT molecular complexity index is 993. The molecule has 1 fully saturated rings. The standard InChI is InChI=1S/C21H26ClN3O4S/c1-16(24(2)15-17-5-3-6-18(22)13-17)21(26)23-19-7-4-8-20(14-19)30(27,28)25-9-11-29-12-10-25/h3-8,13-14,16H,9-12,15H2,1-2H3,(H,23,26)/t16-/m1/s1. The van der Waals surface area contributed by atoms with Gasteiger partial charge in [0.05, 0.1) is 24.2 Å². The van der Waals surface area contributed by atoms with Gasteiger partial charge in [0.2, 0.25) is 15.9 Å². The van der Waals surface area contributed by atoms with Gasteiger partial charge in [-0.15, -0.1) is 0 Å². The van der Waals surface area contributed by atoms with Crippen LogP contribution in [0.25, 0.3) is 0 Å². The first kappa shape index (κ1) is 22.7. The summed E-state index contributed by atoms with van der Waals surface area (Å²) in [4.78, 5) is 14.8. The molecule has 0 aromatic heterocycles. The topological polar surface area (TPSA) is 79.0 Å². The maximum atomic E-state index is 12.8. The van der Waals surface area contributed by atoms with Crippen molar-refractivity contribution in [1.82, 2.24) is 9.21 Å². The zero-order valence-corrected chi connectivity index (χ0v) is 18.6. The average molecular weight is 452 g/mol. The summed E-state index contributed by atoms with van der Waals surface area (Å²) < 4.78 is 32.3. The third kappa shape index (κ3) is 5.59. The smallest absolute Gasteiger partial charge is 0.243 e. The number of amides is 1. The molecule has 3 rings (SSSR count). The van der Waals surface area contributed by atoms with Crippen LogP contribution in [0.5, 0.6) is 0 Å². The Kier molecular flexibility index (Phi) is 7.49. The van der Waals surface area contributed by atoms with Gasteiger partial charge in [-0.2, -0.15) is 4.31 Å². The molecule has 7 nitrogen and oxygen atoms in total. The highest BCUT2D eigenvalue weighted by molar-refractivity contribution is 7.89. The van der Waals surface area contributed by atoms with Crippen LogP contribution >= 0.6 is 11.6 Å². The minimum Gasteiger partial charge on any atom is -0.379 e. The van der Waals surface area contributed by atoms with Crippen LogP contribution in [0, 0.1) is 0 Å². The second-order valence-corrected chi connectivity index (χ2v) is 9.63. The second-order valence-electron chi connectivity index (χ2n) is 7.25. The Morgan fingerprint density at radius 3 is 2.60 bits per heavy atom. The molecule has 2 aromatic carbocycles. The minimum absolute atomic E-state index is 0.155. The third-order valence-electron chi connectivity index (χ3n) is 5.07. The summed E-state index contributed by atoms with van der Waals surface area (Å²) in [6.45, 7) is 3.77. The monoisotopic (exact) mass is 451 g/mol. The summed E-state index contributed by atoms with van der Waals surface area (Å²) >= 11 is 6.03. The van der Waals surface area contributed by atoms with Crippen LogP contribution in [0.2, 0.25) is 5.02 Å². The molecule has 0 aliphatic carbocycles. The number of anilines is 1. The Balaban J connectivity index is 1.66. The zero-order chi connectivity index (χ0) is 21.7. The molecular weight excluding hydrogens is 426 g/mol. The number of carbonyl (C=O) groups is 1. The molecule has 2 aromatic rings. The van der Waals surface area contributed by atoms with Gasteiger partial charge in [-0.1, -0.05) is 29.8 Å². The first-order chi connectivity index (χ1) is 14.3. The number of ether oxygens (including phenoxy) is 1. The van der Waals surface area contributed by atoms with Gasteiger partial charge in [-0.25, -0.2) is 8.42 Å². The fourth-order valence-electron chi connectivity index (χ4n) is 3.18. The van der Waals surface area contributed by atoms with Gasteiger partial charge < -0.3 is 10.1 Å². The molecule has 1 atom stereocenters. The fourth-order valence-corrected chi connectivity index (χ4v) is 4.84. The number of halogens is 1. The van der Waals surface area contributed by atoms with E-state index in [1.807, 2.05) is 30.1 Å². The van der Waals surface area contributed by atoms with Crippen LogP contribution in [0.3, 0.4) is 0 Å². The molecule has 1 aliphatic heterocycles. The zero-order valence-electron chi connectivity index (χ0n) is 17.0. The molecule has 162 valence electrons. The van der Waals surface area contributed by atoms with Crippen molar-refractivity contribution >= 4 is 33.2 Å². The highest BCUT2D eigenvalue weighted by Gasteiger charge is 2.27. The summed E-state index contributed by atoms with van der Waals surface area (Å²) in [6.07, 6.45) is 0. The average Bonchev–Trinajstić information content (AvgIpc) is 2.74. The molecule has 0 spiro atoms. The molecule has 9 heteroatoms. The number of rotatable bonds is 7. The highest BCUT2D eigenvalue weighted by atomic mass is 35.5. The predicted molar refractivity (Wildman–Crippen MR) is 117 cm³/mol. The number of hydrogen-bond acceptors (Lipinski definition) is 5. The Morgan fingerprint density at radius 2 is 1.90 bits per heavy atom. The molecule has 1 aliphatic rings. The Morgan fingerprint density at radius 1 is 1.20 bits per heavy atom. The molecule has 0 saturated carbocycles. The summed E-state index contributed by atoms with van der Waals surface area (Å²) in [7, 11) is -1.77.